The third-order valence-corrected chi connectivity index (χ3v) is 7.05. The van der Waals surface area contributed by atoms with E-state index in [-0.39, 0.29) is 0 Å². The molecule has 0 radical (unpaired) electrons. The van der Waals surface area contributed by atoms with Crippen LogP contribution in [0, 0.1) is 0 Å². The van der Waals surface area contributed by atoms with Gasteiger partial charge in [0, 0.05) is 36.5 Å². The number of thioether (sulfide) groups is 2. The number of nitrogens with zero attached hydrogens (tertiary/aromatic N) is 6. The summed E-state index contributed by atoms with van der Waals surface area (Å²) in [5.74, 6) is 2.81. The van der Waals surface area contributed by atoms with E-state index in [1.165, 1.54) is 5.56 Å². The van der Waals surface area contributed by atoms with Crippen molar-refractivity contribution in [2.24, 2.45) is 7.05 Å². The Balaban J connectivity index is 1.36. The minimum atomic E-state index is 0.326. The van der Waals surface area contributed by atoms with E-state index in [1.54, 1.807) is 29.7 Å². The van der Waals surface area contributed by atoms with Crippen molar-refractivity contribution >= 4 is 23.5 Å². The highest BCUT2D eigenvalue weighted by Crippen LogP contribution is 2.38. The predicted molar refractivity (Wildman–Crippen MR) is 112 cm³/mol. The molecule has 0 N–H and O–H groups in total. The number of hydrogen-bond donors (Lipinski definition) is 0. The number of hydrogen-bond acceptors (Lipinski definition) is 6. The summed E-state index contributed by atoms with van der Waals surface area (Å²) in [6.45, 7) is 0. The van der Waals surface area contributed by atoms with Crippen LogP contribution >= 0.6 is 23.5 Å². The summed E-state index contributed by atoms with van der Waals surface area (Å²) in [5, 5.41) is 10.8. The Kier molecular flexibility index (Phi) is 4.66. The number of pyridine rings is 1. The van der Waals surface area contributed by atoms with Crippen LogP contribution in [0.5, 0.6) is 0 Å². The highest BCUT2D eigenvalue weighted by atomic mass is 32.2. The van der Waals surface area contributed by atoms with Gasteiger partial charge in [0.25, 0.3) is 0 Å². The van der Waals surface area contributed by atoms with Crippen LogP contribution in [-0.4, -0.2) is 40.8 Å². The molecule has 0 aliphatic carbocycles. The van der Waals surface area contributed by atoms with Crippen LogP contribution in [0.3, 0.4) is 0 Å². The third kappa shape index (κ3) is 3.12. The van der Waals surface area contributed by atoms with Crippen molar-refractivity contribution in [3.05, 3.63) is 61.1 Å². The van der Waals surface area contributed by atoms with E-state index in [0.717, 1.165) is 38.9 Å². The number of rotatable bonds is 5. The fraction of sp³-hybridized carbons (Fsp3) is 0.200. The van der Waals surface area contributed by atoms with Gasteiger partial charge in [0.2, 0.25) is 0 Å². The zero-order chi connectivity index (χ0) is 18.9. The Labute approximate surface area is 171 Å². The molecule has 1 aliphatic rings. The Morgan fingerprint density at radius 3 is 2.75 bits per heavy atom. The molecule has 0 spiro atoms. The number of fused-ring (bicyclic) bond motifs is 1. The molecule has 0 saturated carbocycles. The molecule has 1 aliphatic heterocycles. The van der Waals surface area contributed by atoms with Crippen LogP contribution in [0.25, 0.3) is 22.6 Å². The molecule has 3 aromatic heterocycles. The maximum absolute atomic E-state index is 4.65. The summed E-state index contributed by atoms with van der Waals surface area (Å²) in [6.07, 6.45) is 5.57. The molecule has 0 saturated heterocycles. The highest BCUT2D eigenvalue weighted by Gasteiger charge is 2.29. The van der Waals surface area contributed by atoms with E-state index < -0.39 is 0 Å². The van der Waals surface area contributed by atoms with Crippen LogP contribution in [0.15, 0.2) is 71.4 Å². The lowest BCUT2D eigenvalue weighted by Gasteiger charge is -2.14. The zero-order valence-corrected chi connectivity index (χ0v) is 16.9. The van der Waals surface area contributed by atoms with E-state index in [4.69, 9.17) is 0 Å². The van der Waals surface area contributed by atoms with Gasteiger partial charge in [-0.15, -0.1) is 10.2 Å². The molecular weight excluding hydrogens is 388 g/mol. The molecule has 0 amide bonds. The maximum atomic E-state index is 4.65. The standard InChI is InChI=1S/C20H18N6S2/c1-25-17(14-6-3-2-4-7-14)11-22-19(25)27-12-16-13-28-20-24-23-18(26(16)20)15-8-5-9-21-10-15/h2-11,16H,12-13H2,1H3/t16-/m1/s1. The van der Waals surface area contributed by atoms with Crippen molar-refractivity contribution in [3.8, 4) is 22.6 Å². The normalized spacial score (nSPS) is 15.7. The Hall–Kier alpha value is -2.58. The minimum Gasteiger partial charge on any atom is -0.322 e. The van der Waals surface area contributed by atoms with E-state index in [0.29, 0.717) is 6.04 Å². The first-order chi connectivity index (χ1) is 13.8. The number of benzene rings is 1. The molecule has 8 heteroatoms. The molecular formula is C20H18N6S2. The molecule has 1 aromatic carbocycles. The second kappa shape index (κ2) is 7.44. The number of aromatic nitrogens is 6. The summed E-state index contributed by atoms with van der Waals surface area (Å²) in [7, 11) is 2.08. The van der Waals surface area contributed by atoms with Gasteiger partial charge < -0.3 is 4.57 Å². The van der Waals surface area contributed by atoms with Gasteiger partial charge in [0.1, 0.15) is 0 Å². The Morgan fingerprint density at radius 2 is 1.93 bits per heavy atom. The van der Waals surface area contributed by atoms with Crippen LogP contribution in [0.4, 0.5) is 0 Å². The molecule has 1 atom stereocenters. The number of imidazole rings is 1. The molecule has 6 nitrogen and oxygen atoms in total. The monoisotopic (exact) mass is 406 g/mol. The van der Waals surface area contributed by atoms with Crippen molar-refractivity contribution in [1.29, 1.82) is 0 Å². The molecule has 0 bridgehead atoms. The van der Waals surface area contributed by atoms with Gasteiger partial charge in [-0.2, -0.15) is 0 Å². The fourth-order valence-electron chi connectivity index (χ4n) is 3.34. The first kappa shape index (κ1) is 17.5. The van der Waals surface area contributed by atoms with Crippen LogP contribution < -0.4 is 0 Å². The maximum Gasteiger partial charge on any atom is 0.191 e. The topological polar surface area (TPSA) is 61.4 Å². The molecule has 28 heavy (non-hydrogen) atoms. The van der Waals surface area contributed by atoms with Gasteiger partial charge in [-0.05, 0) is 17.7 Å². The van der Waals surface area contributed by atoms with Crippen LogP contribution in [-0.2, 0) is 7.05 Å². The van der Waals surface area contributed by atoms with Gasteiger partial charge in [0.05, 0.1) is 17.9 Å². The molecule has 4 aromatic rings. The first-order valence-corrected chi connectivity index (χ1v) is 11.0. The average molecular weight is 407 g/mol. The minimum absolute atomic E-state index is 0.326. The van der Waals surface area contributed by atoms with Gasteiger partial charge in [-0.3, -0.25) is 9.55 Å². The summed E-state index contributed by atoms with van der Waals surface area (Å²) < 4.78 is 4.41. The summed E-state index contributed by atoms with van der Waals surface area (Å²) >= 11 is 3.54. The summed E-state index contributed by atoms with van der Waals surface area (Å²) in [5.41, 5.74) is 3.31. The van der Waals surface area contributed by atoms with Crippen LogP contribution in [0.2, 0.25) is 0 Å². The third-order valence-electron chi connectivity index (χ3n) is 4.77. The molecule has 140 valence electrons. The van der Waals surface area contributed by atoms with E-state index in [1.807, 2.05) is 30.6 Å². The highest BCUT2D eigenvalue weighted by molar-refractivity contribution is 8.00. The van der Waals surface area contributed by atoms with Crippen molar-refractivity contribution in [2.45, 2.75) is 16.4 Å². The largest absolute Gasteiger partial charge is 0.322 e. The molecule has 0 unspecified atom stereocenters. The second-order valence-electron chi connectivity index (χ2n) is 6.54. The van der Waals surface area contributed by atoms with Gasteiger partial charge in [0.15, 0.2) is 16.1 Å². The quantitative estimate of drug-likeness (QED) is 0.463. The van der Waals surface area contributed by atoms with Crippen molar-refractivity contribution in [3.63, 3.8) is 0 Å². The van der Waals surface area contributed by atoms with E-state index in [2.05, 4.69) is 60.6 Å². The predicted octanol–water partition coefficient (Wildman–Crippen LogP) is 4.18. The lowest BCUT2D eigenvalue weighted by Crippen LogP contribution is -2.11. The van der Waals surface area contributed by atoms with E-state index in [9.17, 15) is 0 Å². The van der Waals surface area contributed by atoms with Crippen molar-refractivity contribution in [1.82, 2.24) is 29.3 Å². The summed E-state index contributed by atoms with van der Waals surface area (Å²) in [6, 6.07) is 14.7. The lowest BCUT2D eigenvalue weighted by molar-refractivity contribution is 0.596. The van der Waals surface area contributed by atoms with Crippen LogP contribution in [0.1, 0.15) is 6.04 Å². The van der Waals surface area contributed by atoms with Gasteiger partial charge >= 0.3 is 0 Å². The fourth-order valence-corrected chi connectivity index (χ4v) is 5.60. The van der Waals surface area contributed by atoms with Gasteiger partial charge in [-0.1, -0.05) is 53.9 Å². The zero-order valence-electron chi connectivity index (χ0n) is 15.3. The lowest BCUT2D eigenvalue weighted by atomic mass is 10.2. The Morgan fingerprint density at radius 1 is 1.07 bits per heavy atom. The molecule has 0 fully saturated rings. The van der Waals surface area contributed by atoms with E-state index >= 15 is 0 Å². The average Bonchev–Trinajstić information content (AvgIpc) is 3.43. The SMILES string of the molecule is Cn1c(-c2ccccc2)cnc1SC[C@@H]1CSc2nnc(-c3cccnc3)n21. The molecule has 4 heterocycles. The van der Waals surface area contributed by atoms with Crippen molar-refractivity contribution < 1.29 is 0 Å². The van der Waals surface area contributed by atoms with Crippen molar-refractivity contribution in [2.75, 3.05) is 11.5 Å². The van der Waals surface area contributed by atoms with Gasteiger partial charge in [-0.25, -0.2) is 4.98 Å². The second-order valence-corrected chi connectivity index (χ2v) is 8.52. The Bertz CT molecular complexity index is 1090. The summed E-state index contributed by atoms with van der Waals surface area (Å²) in [4.78, 5) is 8.87. The molecule has 5 rings (SSSR count). The smallest absolute Gasteiger partial charge is 0.191 e. The first-order valence-electron chi connectivity index (χ1n) is 8.99.